The summed E-state index contributed by atoms with van der Waals surface area (Å²) in [6.07, 6.45) is 2.59. The molecule has 1 aliphatic rings. The molecule has 2 nitrogen and oxygen atoms in total. The van der Waals surface area contributed by atoms with Gasteiger partial charge in [0, 0.05) is 16.6 Å². The highest BCUT2D eigenvalue weighted by atomic mass is 79.9. The Hall–Kier alpha value is -0.540. The van der Waals surface area contributed by atoms with Gasteiger partial charge in [-0.05, 0) is 74.3 Å². The molecule has 1 saturated heterocycles. The topological polar surface area (TPSA) is 15.3 Å². The van der Waals surface area contributed by atoms with E-state index in [0.717, 1.165) is 13.1 Å². The van der Waals surface area contributed by atoms with Crippen LogP contribution in [0, 0.1) is 5.92 Å². The fourth-order valence-corrected chi connectivity index (χ4v) is 3.56. The number of anilines is 1. The minimum Gasteiger partial charge on any atom is -0.365 e. The Morgan fingerprint density at radius 3 is 2.78 bits per heavy atom. The Bertz CT molecular complexity index is 401. The molecule has 18 heavy (non-hydrogen) atoms. The van der Waals surface area contributed by atoms with Gasteiger partial charge in [-0.1, -0.05) is 12.1 Å². The zero-order chi connectivity index (χ0) is 13.2. The SMILES string of the molecule is CNCC1CCCN(c2ccccc2Br)C1(C)C. The molecule has 1 aliphatic heterocycles. The fourth-order valence-electron chi connectivity index (χ4n) is 3.06. The maximum atomic E-state index is 3.69. The molecule has 3 heteroatoms. The first kappa shape index (κ1) is 13.9. The number of benzene rings is 1. The summed E-state index contributed by atoms with van der Waals surface area (Å²) >= 11 is 3.69. The number of piperidine rings is 1. The van der Waals surface area contributed by atoms with Crippen molar-refractivity contribution in [3.05, 3.63) is 28.7 Å². The highest BCUT2D eigenvalue weighted by molar-refractivity contribution is 9.10. The van der Waals surface area contributed by atoms with Gasteiger partial charge < -0.3 is 10.2 Å². The summed E-state index contributed by atoms with van der Waals surface area (Å²) in [5, 5.41) is 3.34. The molecular formula is C15H23BrN2. The van der Waals surface area contributed by atoms with Gasteiger partial charge >= 0.3 is 0 Å². The van der Waals surface area contributed by atoms with Crippen LogP contribution in [0.3, 0.4) is 0 Å². The first-order chi connectivity index (χ1) is 8.57. The molecule has 0 amide bonds. The standard InChI is InChI=1S/C15H23BrN2/c1-15(2)12(11-17-3)7-6-10-18(15)14-9-5-4-8-13(14)16/h4-5,8-9,12,17H,6-7,10-11H2,1-3H3. The van der Waals surface area contributed by atoms with Crippen molar-refractivity contribution < 1.29 is 0 Å². The summed E-state index contributed by atoms with van der Waals surface area (Å²) in [6.45, 7) is 6.98. The lowest BCUT2D eigenvalue weighted by atomic mass is 9.78. The van der Waals surface area contributed by atoms with E-state index in [9.17, 15) is 0 Å². The van der Waals surface area contributed by atoms with Crippen molar-refractivity contribution in [3.63, 3.8) is 0 Å². The number of nitrogens with one attached hydrogen (secondary N) is 1. The van der Waals surface area contributed by atoms with Crippen LogP contribution in [-0.2, 0) is 0 Å². The second kappa shape index (κ2) is 5.62. The minimum atomic E-state index is 0.200. The average molecular weight is 311 g/mol. The molecule has 1 N–H and O–H groups in total. The lowest BCUT2D eigenvalue weighted by Crippen LogP contribution is -2.55. The smallest absolute Gasteiger partial charge is 0.0515 e. The third-order valence-electron chi connectivity index (χ3n) is 4.22. The monoisotopic (exact) mass is 310 g/mol. The van der Waals surface area contributed by atoms with E-state index in [1.54, 1.807) is 0 Å². The molecule has 0 spiro atoms. The highest BCUT2D eigenvalue weighted by Gasteiger charge is 2.38. The molecule has 0 radical (unpaired) electrons. The van der Waals surface area contributed by atoms with Crippen LogP contribution in [0.15, 0.2) is 28.7 Å². The number of halogens is 1. The number of rotatable bonds is 3. The molecule has 0 aromatic heterocycles. The van der Waals surface area contributed by atoms with E-state index in [0.29, 0.717) is 5.92 Å². The van der Waals surface area contributed by atoms with Crippen molar-refractivity contribution in [2.45, 2.75) is 32.2 Å². The van der Waals surface area contributed by atoms with Crippen LogP contribution in [0.1, 0.15) is 26.7 Å². The van der Waals surface area contributed by atoms with Gasteiger partial charge in [0.05, 0.1) is 5.69 Å². The highest BCUT2D eigenvalue weighted by Crippen LogP contribution is 2.39. The molecule has 2 rings (SSSR count). The maximum Gasteiger partial charge on any atom is 0.0515 e. The van der Waals surface area contributed by atoms with Gasteiger partial charge in [0.1, 0.15) is 0 Å². The van der Waals surface area contributed by atoms with Crippen molar-refractivity contribution >= 4 is 21.6 Å². The van der Waals surface area contributed by atoms with Crippen molar-refractivity contribution in [3.8, 4) is 0 Å². The zero-order valence-corrected chi connectivity index (χ0v) is 13.1. The van der Waals surface area contributed by atoms with Gasteiger partial charge in [0.2, 0.25) is 0 Å². The van der Waals surface area contributed by atoms with Crippen molar-refractivity contribution in [2.24, 2.45) is 5.92 Å². The van der Waals surface area contributed by atoms with Gasteiger partial charge in [0.25, 0.3) is 0 Å². The normalized spacial score (nSPS) is 23.1. The van der Waals surface area contributed by atoms with E-state index < -0.39 is 0 Å². The van der Waals surface area contributed by atoms with E-state index >= 15 is 0 Å². The van der Waals surface area contributed by atoms with Crippen LogP contribution in [0.25, 0.3) is 0 Å². The van der Waals surface area contributed by atoms with Gasteiger partial charge in [-0.2, -0.15) is 0 Å². The van der Waals surface area contributed by atoms with Crippen molar-refractivity contribution in [1.82, 2.24) is 5.32 Å². The summed E-state index contributed by atoms with van der Waals surface area (Å²) in [5.74, 6) is 0.698. The maximum absolute atomic E-state index is 3.69. The van der Waals surface area contributed by atoms with E-state index in [2.05, 4.69) is 64.3 Å². The average Bonchev–Trinajstić information content (AvgIpc) is 2.33. The van der Waals surface area contributed by atoms with E-state index in [1.165, 1.54) is 23.0 Å². The largest absolute Gasteiger partial charge is 0.365 e. The Morgan fingerprint density at radius 2 is 2.11 bits per heavy atom. The molecule has 1 unspecified atom stereocenters. The molecule has 0 aliphatic carbocycles. The number of hydrogen-bond acceptors (Lipinski definition) is 2. The molecule has 1 atom stereocenters. The summed E-state index contributed by atoms with van der Waals surface area (Å²) in [6, 6.07) is 8.55. The Balaban J connectivity index is 2.29. The second-order valence-corrected chi connectivity index (χ2v) is 6.51. The molecule has 0 saturated carbocycles. The van der Waals surface area contributed by atoms with E-state index in [-0.39, 0.29) is 5.54 Å². The summed E-state index contributed by atoms with van der Waals surface area (Å²) in [7, 11) is 2.05. The number of para-hydroxylation sites is 1. The lowest BCUT2D eigenvalue weighted by Gasteiger charge is -2.50. The summed E-state index contributed by atoms with van der Waals surface area (Å²) in [4.78, 5) is 2.56. The van der Waals surface area contributed by atoms with Gasteiger partial charge in [-0.25, -0.2) is 0 Å². The van der Waals surface area contributed by atoms with Gasteiger partial charge in [-0.3, -0.25) is 0 Å². The van der Waals surface area contributed by atoms with Gasteiger partial charge in [-0.15, -0.1) is 0 Å². The molecule has 1 fully saturated rings. The summed E-state index contributed by atoms with van der Waals surface area (Å²) < 4.78 is 1.20. The van der Waals surface area contributed by atoms with Crippen LogP contribution in [-0.4, -0.2) is 25.7 Å². The molecular weight excluding hydrogens is 288 g/mol. The lowest BCUT2D eigenvalue weighted by molar-refractivity contribution is 0.234. The van der Waals surface area contributed by atoms with Crippen LogP contribution in [0.5, 0.6) is 0 Å². The first-order valence-electron chi connectivity index (χ1n) is 6.74. The van der Waals surface area contributed by atoms with Crippen molar-refractivity contribution in [1.29, 1.82) is 0 Å². The molecule has 1 aromatic rings. The Morgan fingerprint density at radius 1 is 1.39 bits per heavy atom. The Kier molecular flexibility index (Phi) is 4.33. The Labute approximate surface area is 119 Å². The summed E-state index contributed by atoms with van der Waals surface area (Å²) in [5.41, 5.74) is 1.52. The van der Waals surface area contributed by atoms with Gasteiger partial charge in [0.15, 0.2) is 0 Å². The van der Waals surface area contributed by atoms with E-state index in [4.69, 9.17) is 0 Å². The predicted molar refractivity (Wildman–Crippen MR) is 82.2 cm³/mol. The number of hydrogen-bond donors (Lipinski definition) is 1. The third-order valence-corrected chi connectivity index (χ3v) is 4.89. The van der Waals surface area contributed by atoms with E-state index in [1.807, 2.05) is 7.05 Å². The zero-order valence-electron chi connectivity index (χ0n) is 11.5. The van der Waals surface area contributed by atoms with Crippen molar-refractivity contribution in [2.75, 3.05) is 25.0 Å². The fraction of sp³-hybridized carbons (Fsp3) is 0.600. The van der Waals surface area contributed by atoms with Crippen LogP contribution in [0.4, 0.5) is 5.69 Å². The number of nitrogens with zero attached hydrogens (tertiary/aromatic N) is 1. The molecule has 1 heterocycles. The molecule has 100 valence electrons. The third kappa shape index (κ3) is 2.57. The minimum absolute atomic E-state index is 0.200. The first-order valence-corrected chi connectivity index (χ1v) is 7.53. The quantitative estimate of drug-likeness (QED) is 0.916. The van der Waals surface area contributed by atoms with Crippen LogP contribution < -0.4 is 10.2 Å². The molecule has 0 bridgehead atoms. The second-order valence-electron chi connectivity index (χ2n) is 5.65. The van der Waals surface area contributed by atoms with Crippen LogP contribution >= 0.6 is 15.9 Å². The molecule has 1 aromatic carbocycles. The van der Waals surface area contributed by atoms with Crippen LogP contribution in [0.2, 0.25) is 0 Å². The predicted octanol–water partition coefficient (Wildman–Crippen LogP) is 3.66.